The number of hydrogen-bond acceptors (Lipinski definition) is 4. The van der Waals surface area contributed by atoms with E-state index in [0.717, 1.165) is 12.0 Å². The van der Waals surface area contributed by atoms with Crippen molar-refractivity contribution in [2.45, 2.75) is 6.42 Å². The van der Waals surface area contributed by atoms with Crippen LogP contribution in [0.25, 0.3) is 0 Å². The molecule has 116 valence electrons. The highest BCUT2D eigenvalue weighted by Crippen LogP contribution is 2.27. The number of nitrogens with zero attached hydrogens (tertiary/aromatic N) is 1. The van der Waals surface area contributed by atoms with Gasteiger partial charge in [-0.3, -0.25) is 10.1 Å². The maximum atomic E-state index is 11.0. The van der Waals surface area contributed by atoms with Crippen molar-refractivity contribution < 1.29 is 19.7 Å². The lowest BCUT2D eigenvalue weighted by atomic mass is 10.1. The van der Waals surface area contributed by atoms with Crippen molar-refractivity contribution in [3.8, 4) is 11.5 Å². The molecule has 0 unspecified atom stereocenters. The molecule has 0 spiro atoms. The summed E-state index contributed by atoms with van der Waals surface area (Å²) in [6.07, 6.45) is 0.770. The Balaban J connectivity index is 2.01. The quantitative estimate of drug-likeness (QED) is 0.482. The molecule has 6 heteroatoms. The van der Waals surface area contributed by atoms with E-state index in [1.807, 2.05) is 23.5 Å². The number of para-hydroxylation sites is 2. The predicted molar refractivity (Wildman–Crippen MR) is 82.8 cm³/mol. The summed E-state index contributed by atoms with van der Waals surface area (Å²) in [6, 6.07) is 12.5. The molecule has 2 N–H and O–H groups in total. The van der Waals surface area contributed by atoms with Crippen LogP contribution in [0.5, 0.6) is 11.5 Å². The molecular formula is C16H19N2O4+. The molecule has 0 fully saturated rings. The minimum atomic E-state index is -0.359. The van der Waals surface area contributed by atoms with Crippen LogP contribution in [0.1, 0.15) is 5.56 Å². The molecule has 6 nitrogen and oxygen atoms in total. The molecule has 0 atom stereocenters. The summed E-state index contributed by atoms with van der Waals surface area (Å²) in [5.74, 6) is 1.37. The van der Waals surface area contributed by atoms with E-state index in [-0.39, 0.29) is 10.6 Å². The Kier molecular flexibility index (Phi) is 5.32. The smallest absolute Gasteiger partial charge is 0.329 e. The SMILES string of the molecule is COc1ccc(CC[NH2+]c2ccccc2[N+](=O)[O-])cc1OC. The largest absolute Gasteiger partial charge is 0.493 e. The number of rotatable bonds is 7. The highest BCUT2D eigenvalue weighted by atomic mass is 16.6. The van der Waals surface area contributed by atoms with E-state index >= 15 is 0 Å². The van der Waals surface area contributed by atoms with Crippen LogP contribution < -0.4 is 14.8 Å². The van der Waals surface area contributed by atoms with Crippen molar-refractivity contribution in [3.05, 3.63) is 58.1 Å². The second-order valence-electron chi connectivity index (χ2n) is 4.75. The molecule has 2 aromatic carbocycles. The molecule has 0 aliphatic carbocycles. The first kappa shape index (κ1) is 15.8. The van der Waals surface area contributed by atoms with Crippen molar-refractivity contribution in [2.75, 3.05) is 20.8 Å². The minimum absolute atomic E-state index is 0.134. The van der Waals surface area contributed by atoms with E-state index in [2.05, 4.69) is 0 Å². The van der Waals surface area contributed by atoms with Crippen LogP contribution in [0.2, 0.25) is 0 Å². The standard InChI is InChI=1S/C16H18N2O4/c1-21-15-8-7-12(11-16(15)22-2)9-10-17-13-5-3-4-6-14(13)18(19)20/h3-8,11,17H,9-10H2,1-2H3/p+1. The summed E-state index contributed by atoms with van der Waals surface area (Å²) >= 11 is 0. The molecule has 0 heterocycles. The first-order valence-electron chi connectivity index (χ1n) is 6.93. The molecule has 0 amide bonds. The maximum absolute atomic E-state index is 11.0. The predicted octanol–water partition coefficient (Wildman–Crippen LogP) is 2.05. The number of methoxy groups -OCH3 is 2. The van der Waals surface area contributed by atoms with Gasteiger partial charge in [-0.2, -0.15) is 0 Å². The number of benzene rings is 2. The van der Waals surface area contributed by atoms with Crippen LogP contribution in [0.3, 0.4) is 0 Å². The van der Waals surface area contributed by atoms with Crippen LogP contribution in [-0.2, 0) is 6.42 Å². The van der Waals surface area contributed by atoms with E-state index in [9.17, 15) is 10.1 Å². The van der Waals surface area contributed by atoms with Gasteiger partial charge in [0.15, 0.2) is 11.5 Å². The van der Waals surface area contributed by atoms with Gasteiger partial charge in [0.05, 0.1) is 25.7 Å². The van der Waals surface area contributed by atoms with E-state index < -0.39 is 0 Å². The fourth-order valence-corrected chi connectivity index (χ4v) is 2.26. The third kappa shape index (κ3) is 3.73. The summed E-state index contributed by atoms with van der Waals surface area (Å²) in [7, 11) is 3.20. The van der Waals surface area contributed by atoms with Gasteiger partial charge in [-0.15, -0.1) is 0 Å². The molecule has 0 saturated heterocycles. The third-order valence-corrected chi connectivity index (χ3v) is 3.38. The Morgan fingerprint density at radius 3 is 2.50 bits per heavy atom. The zero-order valence-corrected chi connectivity index (χ0v) is 12.6. The highest BCUT2D eigenvalue weighted by molar-refractivity contribution is 5.50. The zero-order valence-electron chi connectivity index (χ0n) is 12.6. The Morgan fingerprint density at radius 2 is 1.82 bits per heavy atom. The Hall–Kier alpha value is -2.60. The van der Waals surface area contributed by atoms with E-state index in [1.54, 1.807) is 32.4 Å². The van der Waals surface area contributed by atoms with Crippen molar-refractivity contribution >= 4 is 11.4 Å². The van der Waals surface area contributed by atoms with Crippen molar-refractivity contribution in [2.24, 2.45) is 0 Å². The summed E-state index contributed by atoms with van der Waals surface area (Å²) in [5.41, 5.74) is 1.87. The number of nitro benzene ring substituents is 1. The van der Waals surface area contributed by atoms with Crippen LogP contribution in [-0.4, -0.2) is 25.7 Å². The Morgan fingerprint density at radius 1 is 1.09 bits per heavy atom. The van der Waals surface area contributed by atoms with Gasteiger partial charge in [-0.05, 0) is 17.7 Å². The topological polar surface area (TPSA) is 78.2 Å². The number of ether oxygens (including phenoxy) is 2. The number of quaternary nitrogens is 1. The lowest BCUT2D eigenvalue weighted by molar-refractivity contribution is -0.576. The van der Waals surface area contributed by atoms with Gasteiger partial charge in [-0.25, -0.2) is 0 Å². The molecular weight excluding hydrogens is 284 g/mol. The van der Waals surface area contributed by atoms with Crippen molar-refractivity contribution in [1.82, 2.24) is 0 Å². The molecule has 2 aromatic rings. The summed E-state index contributed by atoms with van der Waals surface area (Å²) in [4.78, 5) is 10.6. The number of nitrogens with two attached hydrogens (primary N) is 1. The fourth-order valence-electron chi connectivity index (χ4n) is 2.26. The lowest BCUT2D eigenvalue weighted by Crippen LogP contribution is -2.78. The van der Waals surface area contributed by atoms with Crippen LogP contribution >= 0.6 is 0 Å². The maximum Gasteiger partial charge on any atom is 0.329 e. The molecule has 0 aliphatic heterocycles. The van der Waals surface area contributed by atoms with Gasteiger partial charge in [-0.1, -0.05) is 18.2 Å². The van der Waals surface area contributed by atoms with Crippen molar-refractivity contribution in [1.29, 1.82) is 0 Å². The molecule has 0 aromatic heterocycles. The summed E-state index contributed by atoms with van der Waals surface area (Å²) < 4.78 is 10.5. The van der Waals surface area contributed by atoms with Gasteiger partial charge in [0.2, 0.25) is 5.69 Å². The highest BCUT2D eigenvalue weighted by Gasteiger charge is 2.15. The van der Waals surface area contributed by atoms with E-state index in [4.69, 9.17) is 9.47 Å². The minimum Gasteiger partial charge on any atom is -0.493 e. The first-order chi connectivity index (χ1) is 10.7. The Bertz CT molecular complexity index is 658. The molecule has 2 rings (SSSR count). The second kappa shape index (κ2) is 7.42. The van der Waals surface area contributed by atoms with Crippen molar-refractivity contribution in [3.63, 3.8) is 0 Å². The third-order valence-electron chi connectivity index (χ3n) is 3.38. The fraction of sp³-hybridized carbons (Fsp3) is 0.250. The van der Waals surface area contributed by atoms with Gasteiger partial charge in [0, 0.05) is 18.6 Å². The Labute approximate surface area is 128 Å². The second-order valence-corrected chi connectivity index (χ2v) is 4.75. The van der Waals surface area contributed by atoms with E-state index in [1.165, 1.54) is 6.07 Å². The average molecular weight is 303 g/mol. The zero-order chi connectivity index (χ0) is 15.9. The molecule has 0 radical (unpaired) electrons. The van der Waals surface area contributed by atoms with Crippen LogP contribution in [0, 0.1) is 10.1 Å². The van der Waals surface area contributed by atoms with Gasteiger partial charge < -0.3 is 14.8 Å². The monoisotopic (exact) mass is 303 g/mol. The lowest BCUT2D eigenvalue weighted by Gasteiger charge is -2.09. The van der Waals surface area contributed by atoms with Gasteiger partial charge in [0.1, 0.15) is 0 Å². The normalized spacial score (nSPS) is 10.3. The average Bonchev–Trinajstić information content (AvgIpc) is 2.55. The van der Waals surface area contributed by atoms with Crippen LogP contribution in [0.15, 0.2) is 42.5 Å². The van der Waals surface area contributed by atoms with Gasteiger partial charge >= 0.3 is 5.69 Å². The first-order valence-corrected chi connectivity index (χ1v) is 6.93. The number of hydrogen-bond donors (Lipinski definition) is 1. The van der Waals surface area contributed by atoms with E-state index in [0.29, 0.717) is 23.7 Å². The number of nitro groups is 1. The molecule has 0 aliphatic rings. The molecule has 0 saturated carbocycles. The van der Waals surface area contributed by atoms with Gasteiger partial charge in [0.25, 0.3) is 0 Å². The van der Waals surface area contributed by atoms with Crippen LogP contribution in [0.4, 0.5) is 11.4 Å². The summed E-state index contributed by atoms with van der Waals surface area (Å²) in [6.45, 7) is 0.709. The summed E-state index contributed by atoms with van der Waals surface area (Å²) in [5, 5.41) is 12.8. The molecule has 22 heavy (non-hydrogen) atoms. The molecule has 0 bridgehead atoms.